The van der Waals surface area contributed by atoms with Crippen molar-refractivity contribution in [2.75, 3.05) is 6.26 Å². The van der Waals surface area contributed by atoms with Gasteiger partial charge in [0.25, 0.3) is 0 Å². The molecule has 1 heterocycles. The largest absolute Gasteiger partial charge is 0.472 e. The summed E-state index contributed by atoms with van der Waals surface area (Å²) in [6.07, 6.45) is 4.31. The molecule has 0 saturated heterocycles. The number of sulfone groups is 1. The Morgan fingerprint density at radius 1 is 1.28 bits per heavy atom. The molecule has 0 aliphatic heterocycles. The highest BCUT2D eigenvalue weighted by Gasteiger charge is 2.12. The van der Waals surface area contributed by atoms with Crippen LogP contribution in [-0.2, 0) is 16.3 Å². The average Bonchev–Trinajstić information content (AvgIpc) is 2.81. The van der Waals surface area contributed by atoms with Crippen LogP contribution in [0.5, 0.6) is 0 Å². The predicted molar refractivity (Wildman–Crippen MR) is 66.3 cm³/mol. The quantitative estimate of drug-likeness (QED) is 0.793. The van der Waals surface area contributed by atoms with E-state index >= 15 is 0 Å². The van der Waals surface area contributed by atoms with Gasteiger partial charge in [-0.3, -0.25) is 4.79 Å². The summed E-state index contributed by atoms with van der Waals surface area (Å²) in [5.74, 6) is -0.137. The molecular weight excluding hydrogens is 252 g/mol. The van der Waals surface area contributed by atoms with E-state index in [2.05, 4.69) is 0 Å². The Morgan fingerprint density at radius 2 is 2.06 bits per heavy atom. The van der Waals surface area contributed by atoms with E-state index in [1.165, 1.54) is 24.7 Å². The number of ketones is 1. The molecule has 5 heteroatoms. The Labute approximate surface area is 105 Å². The van der Waals surface area contributed by atoms with Gasteiger partial charge in [0.2, 0.25) is 0 Å². The molecule has 0 unspecified atom stereocenters. The van der Waals surface area contributed by atoms with Crippen LogP contribution >= 0.6 is 0 Å². The number of hydrogen-bond acceptors (Lipinski definition) is 4. The van der Waals surface area contributed by atoms with Gasteiger partial charge in [-0.1, -0.05) is 12.1 Å². The molecule has 0 bridgehead atoms. The molecule has 0 aliphatic carbocycles. The zero-order valence-electron chi connectivity index (χ0n) is 9.79. The second-order valence-electron chi connectivity index (χ2n) is 4.03. The van der Waals surface area contributed by atoms with E-state index in [4.69, 9.17) is 4.42 Å². The minimum absolute atomic E-state index is 0.137. The van der Waals surface area contributed by atoms with Gasteiger partial charge in [-0.25, -0.2) is 8.42 Å². The van der Waals surface area contributed by atoms with Crippen molar-refractivity contribution in [1.82, 2.24) is 0 Å². The number of carbonyl (C=O) groups excluding carboxylic acids is 1. The summed E-state index contributed by atoms with van der Waals surface area (Å²) in [6.45, 7) is 0. The lowest BCUT2D eigenvalue weighted by molar-refractivity contribution is 0.0992. The molecule has 2 rings (SSSR count). The van der Waals surface area contributed by atoms with Gasteiger partial charge in [-0.15, -0.1) is 0 Å². The molecule has 1 aromatic carbocycles. The normalized spacial score (nSPS) is 11.4. The van der Waals surface area contributed by atoms with E-state index < -0.39 is 9.84 Å². The maximum absolute atomic E-state index is 12.0. The zero-order valence-corrected chi connectivity index (χ0v) is 10.6. The molecule has 0 amide bonds. The second kappa shape index (κ2) is 4.78. The van der Waals surface area contributed by atoms with Crippen LogP contribution in [0.2, 0.25) is 0 Å². The summed E-state index contributed by atoms with van der Waals surface area (Å²) >= 11 is 0. The number of benzene rings is 1. The number of Topliss-reactive ketones (excluding diaryl/α,β-unsaturated/α-hetero) is 1. The van der Waals surface area contributed by atoms with Crippen LogP contribution < -0.4 is 0 Å². The Kier molecular flexibility index (Phi) is 3.34. The molecule has 0 fully saturated rings. The van der Waals surface area contributed by atoms with E-state index in [0.717, 1.165) is 11.8 Å². The average molecular weight is 264 g/mol. The van der Waals surface area contributed by atoms with Crippen molar-refractivity contribution in [2.24, 2.45) is 0 Å². The van der Waals surface area contributed by atoms with Gasteiger partial charge < -0.3 is 4.42 Å². The Bertz CT molecular complexity index is 654. The van der Waals surface area contributed by atoms with Crippen LogP contribution in [0.4, 0.5) is 0 Å². The molecular formula is C13H12O4S. The van der Waals surface area contributed by atoms with Gasteiger partial charge in [0, 0.05) is 18.2 Å². The fourth-order valence-corrected chi connectivity index (χ4v) is 2.25. The van der Waals surface area contributed by atoms with Crippen molar-refractivity contribution >= 4 is 15.6 Å². The SMILES string of the molecule is CS(=O)(=O)c1cccc(C(=O)Cc2ccoc2)c1. The first-order valence-electron chi connectivity index (χ1n) is 5.31. The monoisotopic (exact) mass is 264 g/mol. The lowest BCUT2D eigenvalue weighted by Gasteiger charge is -2.02. The van der Waals surface area contributed by atoms with Gasteiger partial charge in [-0.05, 0) is 23.8 Å². The first kappa shape index (κ1) is 12.6. The van der Waals surface area contributed by atoms with Crippen LogP contribution in [0.25, 0.3) is 0 Å². The molecule has 0 N–H and O–H groups in total. The maximum Gasteiger partial charge on any atom is 0.175 e. The third kappa shape index (κ3) is 2.87. The molecule has 1 aromatic heterocycles. The van der Waals surface area contributed by atoms with E-state index in [9.17, 15) is 13.2 Å². The summed E-state index contributed by atoms with van der Waals surface area (Å²) in [7, 11) is -3.29. The third-order valence-corrected chi connectivity index (χ3v) is 3.64. The van der Waals surface area contributed by atoms with E-state index in [-0.39, 0.29) is 17.1 Å². The van der Waals surface area contributed by atoms with E-state index in [1.54, 1.807) is 18.2 Å². The summed E-state index contributed by atoms with van der Waals surface area (Å²) in [6, 6.07) is 7.76. The molecule has 94 valence electrons. The highest BCUT2D eigenvalue weighted by Crippen LogP contribution is 2.14. The topological polar surface area (TPSA) is 64.3 Å². The van der Waals surface area contributed by atoms with Crippen molar-refractivity contribution in [1.29, 1.82) is 0 Å². The van der Waals surface area contributed by atoms with Crippen molar-refractivity contribution in [3.05, 3.63) is 54.0 Å². The number of hydrogen-bond donors (Lipinski definition) is 0. The summed E-state index contributed by atoms with van der Waals surface area (Å²) in [5, 5.41) is 0. The maximum atomic E-state index is 12.0. The van der Waals surface area contributed by atoms with Crippen LogP contribution in [-0.4, -0.2) is 20.5 Å². The van der Waals surface area contributed by atoms with E-state index in [0.29, 0.717) is 5.56 Å². The first-order valence-corrected chi connectivity index (χ1v) is 7.20. The minimum atomic E-state index is -3.29. The van der Waals surface area contributed by atoms with Gasteiger partial charge in [0.05, 0.1) is 17.4 Å². The highest BCUT2D eigenvalue weighted by atomic mass is 32.2. The molecule has 0 saturated carbocycles. The van der Waals surface area contributed by atoms with E-state index in [1.807, 2.05) is 0 Å². The third-order valence-electron chi connectivity index (χ3n) is 2.53. The van der Waals surface area contributed by atoms with Gasteiger partial charge in [0.1, 0.15) is 0 Å². The molecule has 0 spiro atoms. The zero-order chi connectivity index (χ0) is 13.2. The molecule has 0 aliphatic rings. The number of furan rings is 1. The van der Waals surface area contributed by atoms with Gasteiger partial charge >= 0.3 is 0 Å². The standard InChI is InChI=1S/C13H12O4S/c1-18(15,16)12-4-2-3-11(8-12)13(14)7-10-5-6-17-9-10/h2-6,8-9H,7H2,1H3. The molecule has 0 radical (unpaired) electrons. The summed E-state index contributed by atoms with van der Waals surface area (Å²) in [4.78, 5) is 12.1. The van der Waals surface area contributed by atoms with Crippen LogP contribution in [0, 0.1) is 0 Å². The van der Waals surface area contributed by atoms with Gasteiger partial charge in [-0.2, -0.15) is 0 Å². The molecule has 0 atom stereocenters. The molecule has 4 nitrogen and oxygen atoms in total. The fraction of sp³-hybridized carbons (Fsp3) is 0.154. The predicted octanol–water partition coefficient (Wildman–Crippen LogP) is 2.11. The second-order valence-corrected chi connectivity index (χ2v) is 6.05. The first-order chi connectivity index (χ1) is 8.47. The lowest BCUT2D eigenvalue weighted by Crippen LogP contribution is -2.05. The minimum Gasteiger partial charge on any atom is -0.472 e. The lowest BCUT2D eigenvalue weighted by atomic mass is 10.1. The van der Waals surface area contributed by atoms with Crippen LogP contribution in [0.15, 0.2) is 52.2 Å². The summed E-state index contributed by atoms with van der Waals surface area (Å²) in [5.41, 5.74) is 1.16. The van der Waals surface area contributed by atoms with Crippen molar-refractivity contribution in [3.8, 4) is 0 Å². The smallest absolute Gasteiger partial charge is 0.175 e. The van der Waals surface area contributed by atoms with Crippen LogP contribution in [0.1, 0.15) is 15.9 Å². The Hall–Kier alpha value is -1.88. The van der Waals surface area contributed by atoms with Crippen molar-refractivity contribution in [2.45, 2.75) is 11.3 Å². The molecule has 18 heavy (non-hydrogen) atoms. The molecule has 2 aromatic rings. The fourth-order valence-electron chi connectivity index (χ4n) is 1.58. The summed E-state index contributed by atoms with van der Waals surface area (Å²) < 4.78 is 27.7. The highest BCUT2D eigenvalue weighted by molar-refractivity contribution is 7.90. The number of rotatable bonds is 4. The van der Waals surface area contributed by atoms with Crippen molar-refractivity contribution in [3.63, 3.8) is 0 Å². The van der Waals surface area contributed by atoms with Crippen LogP contribution in [0.3, 0.4) is 0 Å². The Balaban J connectivity index is 2.26. The Morgan fingerprint density at radius 3 is 2.67 bits per heavy atom. The van der Waals surface area contributed by atoms with Crippen molar-refractivity contribution < 1.29 is 17.6 Å². The van der Waals surface area contributed by atoms with Gasteiger partial charge in [0.15, 0.2) is 15.6 Å². The number of carbonyl (C=O) groups is 1.